The molecule has 2 unspecified atom stereocenters. The van der Waals surface area contributed by atoms with Crippen LogP contribution in [0.4, 0.5) is 5.69 Å². The first kappa shape index (κ1) is 13.1. The molecule has 1 aliphatic heterocycles. The van der Waals surface area contributed by atoms with Crippen LogP contribution in [-0.2, 0) is 11.2 Å². The summed E-state index contributed by atoms with van der Waals surface area (Å²) in [4.78, 5) is 12.2. The Morgan fingerprint density at radius 3 is 2.72 bits per heavy atom. The monoisotopic (exact) mass is 245 g/mol. The minimum absolute atomic E-state index is 0.00277. The van der Waals surface area contributed by atoms with Crippen LogP contribution in [0.1, 0.15) is 39.2 Å². The van der Waals surface area contributed by atoms with Gasteiger partial charge in [0.25, 0.3) is 0 Å². The number of hydrogen-bond donors (Lipinski definition) is 1. The molecule has 2 atom stereocenters. The van der Waals surface area contributed by atoms with Crippen molar-refractivity contribution < 1.29 is 4.79 Å². The molecule has 1 N–H and O–H groups in total. The van der Waals surface area contributed by atoms with E-state index in [1.54, 1.807) is 0 Å². The summed E-state index contributed by atoms with van der Waals surface area (Å²) in [7, 11) is 0. The second-order valence-electron chi connectivity index (χ2n) is 5.96. The average Bonchev–Trinajstić information content (AvgIpc) is 2.71. The van der Waals surface area contributed by atoms with Gasteiger partial charge in [-0.15, -0.1) is 0 Å². The second-order valence-corrected chi connectivity index (χ2v) is 5.96. The van der Waals surface area contributed by atoms with Gasteiger partial charge < -0.3 is 5.32 Å². The first-order valence-corrected chi connectivity index (χ1v) is 6.93. The molecule has 0 saturated carbocycles. The number of rotatable bonds is 5. The Hall–Kier alpha value is -1.31. The van der Waals surface area contributed by atoms with E-state index < -0.39 is 0 Å². The first-order chi connectivity index (χ1) is 8.56. The lowest BCUT2D eigenvalue weighted by atomic mass is 9.91. The van der Waals surface area contributed by atoms with Gasteiger partial charge in [-0.25, -0.2) is 0 Å². The SMILES string of the molecule is CC(C)CC(C)CC(=O)C1Cc2ccccc2N1. The zero-order valence-electron chi connectivity index (χ0n) is 11.6. The highest BCUT2D eigenvalue weighted by Gasteiger charge is 2.26. The highest BCUT2D eigenvalue weighted by Crippen LogP contribution is 2.27. The van der Waals surface area contributed by atoms with Crippen molar-refractivity contribution in [2.75, 3.05) is 5.32 Å². The number of Topliss-reactive ketones (excluding diaryl/α,β-unsaturated/α-hetero) is 1. The van der Waals surface area contributed by atoms with Crippen molar-refractivity contribution in [2.45, 2.75) is 46.1 Å². The van der Waals surface area contributed by atoms with Crippen LogP contribution in [0.15, 0.2) is 24.3 Å². The standard InChI is InChI=1S/C16H23NO/c1-11(2)8-12(3)9-16(18)15-10-13-6-4-5-7-14(13)17-15/h4-7,11-12,15,17H,8-10H2,1-3H3. The van der Waals surface area contributed by atoms with E-state index in [1.165, 1.54) is 5.56 Å². The zero-order chi connectivity index (χ0) is 13.1. The van der Waals surface area contributed by atoms with Gasteiger partial charge in [-0.2, -0.15) is 0 Å². The van der Waals surface area contributed by atoms with Crippen LogP contribution < -0.4 is 5.32 Å². The van der Waals surface area contributed by atoms with Crippen molar-refractivity contribution in [1.82, 2.24) is 0 Å². The Balaban J connectivity index is 1.89. The molecule has 2 nitrogen and oxygen atoms in total. The fourth-order valence-electron chi connectivity index (χ4n) is 2.87. The Labute approximate surface area is 110 Å². The minimum Gasteiger partial charge on any atom is -0.375 e. The maximum absolute atomic E-state index is 12.2. The smallest absolute Gasteiger partial charge is 0.155 e. The number of carbonyl (C=O) groups is 1. The molecule has 0 aliphatic carbocycles. The molecule has 18 heavy (non-hydrogen) atoms. The third kappa shape index (κ3) is 3.12. The quantitative estimate of drug-likeness (QED) is 0.857. The van der Waals surface area contributed by atoms with Crippen LogP contribution in [0, 0.1) is 11.8 Å². The average molecular weight is 245 g/mol. The van der Waals surface area contributed by atoms with Crippen molar-refractivity contribution in [3.63, 3.8) is 0 Å². The van der Waals surface area contributed by atoms with E-state index in [1.807, 2.05) is 12.1 Å². The molecule has 1 aliphatic rings. The van der Waals surface area contributed by atoms with Crippen molar-refractivity contribution in [1.29, 1.82) is 0 Å². The highest BCUT2D eigenvalue weighted by atomic mass is 16.1. The van der Waals surface area contributed by atoms with Gasteiger partial charge in [-0.1, -0.05) is 39.0 Å². The van der Waals surface area contributed by atoms with Crippen LogP contribution in [0.2, 0.25) is 0 Å². The van der Waals surface area contributed by atoms with Gasteiger partial charge >= 0.3 is 0 Å². The number of anilines is 1. The van der Waals surface area contributed by atoms with Crippen LogP contribution in [-0.4, -0.2) is 11.8 Å². The number of ketones is 1. The molecule has 0 aromatic heterocycles. The number of carbonyl (C=O) groups excluding carboxylic acids is 1. The fourth-order valence-corrected chi connectivity index (χ4v) is 2.87. The predicted molar refractivity (Wildman–Crippen MR) is 75.8 cm³/mol. The largest absolute Gasteiger partial charge is 0.375 e. The first-order valence-electron chi connectivity index (χ1n) is 6.93. The summed E-state index contributed by atoms with van der Waals surface area (Å²) >= 11 is 0. The summed E-state index contributed by atoms with van der Waals surface area (Å²) in [6, 6.07) is 8.21. The van der Waals surface area contributed by atoms with E-state index in [9.17, 15) is 4.79 Å². The van der Waals surface area contributed by atoms with E-state index in [4.69, 9.17) is 0 Å². The van der Waals surface area contributed by atoms with Gasteiger partial charge in [-0.05, 0) is 29.9 Å². The lowest BCUT2D eigenvalue weighted by Gasteiger charge is -2.16. The molecule has 2 heteroatoms. The minimum atomic E-state index is -0.00277. The lowest BCUT2D eigenvalue weighted by molar-refractivity contribution is -0.120. The summed E-state index contributed by atoms with van der Waals surface area (Å²) in [6.07, 6.45) is 2.68. The molecule has 1 aromatic carbocycles. The van der Waals surface area contributed by atoms with Crippen LogP contribution in [0.25, 0.3) is 0 Å². The Bertz CT molecular complexity index is 400. The van der Waals surface area contributed by atoms with Crippen molar-refractivity contribution in [3.05, 3.63) is 29.8 Å². The molecule has 0 radical (unpaired) electrons. The summed E-state index contributed by atoms with van der Waals surface area (Å²) in [5, 5.41) is 3.34. The van der Waals surface area contributed by atoms with Gasteiger partial charge in [0.15, 0.2) is 5.78 Å². The molecule has 0 bridgehead atoms. The molecule has 2 rings (SSSR count). The number of hydrogen-bond acceptors (Lipinski definition) is 2. The number of benzene rings is 1. The van der Waals surface area contributed by atoms with E-state index in [-0.39, 0.29) is 6.04 Å². The Kier molecular flexibility index (Phi) is 4.05. The molecule has 0 fully saturated rings. The van der Waals surface area contributed by atoms with Crippen LogP contribution in [0.5, 0.6) is 0 Å². The number of para-hydroxylation sites is 1. The van der Waals surface area contributed by atoms with Crippen molar-refractivity contribution >= 4 is 11.5 Å². The van der Waals surface area contributed by atoms with E-state index in [0.29, 0.717) is 24.0 Å². The summed E-state index contributed by atoms with van der Waals surface area (Å²) in [5.74, 6) is 1.52. The van der Waals surface area contributed by atoms with Gasteiger partial charge in [0, 0.05) is 18.5 Å². The summed E-state index contributed by atoms with van der Waals surface area (Å²) in [5.41, 5.74) is 2.40. The van der Waals surface area contributed by atoms with Gasteiger partial charge in [0.05, 0.1) is 6.04 Å². The molecular weight excluding hydrogens is 222 g/mol. The molecule has 1 heterocycles. The fraction of sp³-hybridized carbons (Fsp3) is 0.562. The van der Waals surface area contributed by atoms with E-state index in [0.717, 1.165) is 18.5 Å². The summed E-state index contributed by atoms with van der Waals surface area (Å²) in [6.45, 7) is 6.61. The van der Waals surface area contributed by atoms with Gasteiger partial charge in [0.2, 0.25) is 0 Å². The van der Waals surface area contributed by atoms with Gasteiger partial charge in [0.1, 0.15) is 0 Å². The third-order valence-corrected chi connectivity index (χ3v) is 3.58. The van der Waals surface area contributed by atoms with E-state index >= 15 is 0 Å². The maximum Gasteiger partial charge on any atom is 0.155 e. The van der Waals surface area contributed by atoms with Crippen LogP contribution in [0.3, 0.4) is 0 Å². The molecule has 0 spiro atoms. The molecule has 1 aromatic rings. The maximum atomic E-state index is 12.2. The summed E-state index contributed by atoms with van der Waals surface area (Å²) < 4.78 is 0. The third-order valence-electron chi connectivity index (χ3n) is 3.58. The predicted octanol–water partition coefficient (Wildman–Crippen LogP) is 3.66. The highest BCUT2D eigenvalue weighted by molar-refractivity contribution is 5.89. The number of nitrogens with one attached hydrogen (secondary N) is 1. The second kappa shape index (κ2) is 5.55. The molecule has 0 saturated heterocycles. The van der Waals surface area contributed by atoms with Gasteiger partial charge in [-0.3, -0.25) is 4.79 Å². The lowest BCUT2D eigenvalue weighted by Crippen LogP contribution is -2.28. The molecule has 0 amide bonds. The van der Waals surface area contributed by atoms with Crippen molar-refractivity contribution in [3.8, 4) is 0 Å². The molecule has 98 valence electrons. The number of fused-ring (bicyclic) bond motifs is 1. The zero-order valence-corrected chi connectivity index (χ0v) is 11.6. The van der Waals surface area contributed by atoms with E-state index in [2.05, 4.69) is 38.2 Å². The molecular formula is C16H23NO. The van der Waals surface area contributed by atoms with Crippen LogP contribution >= 0.6 is 0 Å². The van der Waals surface area contributed by atoms with Crippen molar-refractivity contribution in [2.24, 2.45) is 11.8 Å². The Morgan fingerprint density at radius 1 is 1.33 bits per heavy atom. The Morgan fingerprint density at radius 2 is 2.06 bits per heavy atom. The normalized spacial score (nSPS) is 19.4. The topological polar surface area (TPSA) is 29.1 Å².